The Hall–Kier alpha value is -1.16. The van der Waals surface area contributed by atoms with Gasteiger partial charge in [-0.2, -0.15) is 5.10 Å². The van der Waals surface area contributed by atoms with E-state index in [1.807, 2.05) is 17.8 Å². The molecule has 0 aliphatic carbocycles. The molecule has 4 nitrogen and oxygen atoms in total. The lowest BCUT2D eigenvalue weighted by molar-refractivity contribution is -0.122. The molecular formula is C11H16N2O2. The van der Waals surface area contributed by atoms with Gasteiger partial charge in [0.15, 0.2) is 0 Å². The fraction of sp³-hybridized carbons (Fsp3) is 0.636. The summed E-state index contributed by atoms with van der Waals surface area (Å²) in [5.41, 5.74) is 1.01. The number of aryl methyl sites for hydroxylation is 1. The molecule has 0 saturated carbocycles. The van der Waals surface area contributed by atoms with Crippen molar-refractivity contribution in [2.45, 2.75) is 26.3 Å². The van der Waals surface area contributed by atoms with Crippen LogP contribution in [0.4, 0.5) is 0 Å². The van der Waals surface area contributed by atoms with Crippen LogP contribution in [0, 0.1) is 5.92 Å². The molecule has 1 fully saturated rings. The zero-order valence-electron chi connectivity index (χ0n) is 8.98. The van der Waals surface area contributed by atoms with Crippen LogP contribution in [-0.2, 0) is 22.5 Å². The van der Waals surface area contributed by atoms with Crippen molar-refractivity contribution in [2.75, 3.05) is 13.2 Å². The van der Waals surface area contributed by atoms with Crippen LogP contribution in [0.15, 0.2) is 12.4 Å². The third kappa shape index (κ3) is 2.45. The molecule has 0 radical (unpaired) electrons. The molecule has 0 bridgehead atoms. The molecule has 0 spiro atoms. The van der Waals surface area contributed by atoms with Crippen LogP contribution in [0.1, 0.15) is 18.9 Å². The SMILES string of the molecule is CCn1cc(CC(=O)C2CCOC2)cn1. The third-order valence-corrected chi connectivity index (χ3v) is 2.77. The molecule has 2 rings (SSSR count). The largest absolute Gasteiger partial charge is 0.381 e. The average Bonchev–Trinajstić information content (AvgIpc) is 2.87. The summed E-state index contributed by atoms with van der Waals surface area (Å²) in [7, 11) is 0. The first kappa shape index (κ1) is 10.4. The maximum absolute atomic E-state index is 11.8. The second kappa shape index (κ2) is 4.57. The van der Waals surface area contributed by atoms with E-state index >= 15 is 0 Å². The molecule has 1 saturated heterocycles. The zero-order valence-corrected chi connectivity index (χ0v) is 8.98. The Kier molecular flexibility index (Phi) is 3.16. The zero-order chi connectivity index (χ0) is 10.7. The fourth-order valence-corrected chi connectivity index (χ4v) is 1.80. The number of nitrogens with zero attached hydrogens (tertiary/aromatic N) is 2. The highest BCUT2D eigenvalue weighted by molar-refractivity contribution is 5.83. The quantitative estimate of drug-likeness (QED) is 0.743. The highest BCUT2D eigenvalue weighted by Gasteiger charge is 2.23. The number of carbonyl (C=O) groups excluding carboxylic acids is 1. The highest BCUT2D eigenvalue weighted by Crippen LogP contribution is 2.15. The van der Waals surface area contributed by atoms with Gasteiger partial charge in [-0.3, -0.25) is 9.48 Å². The molecule has 1 aromatic heterocycles. The van der Waals surface area contributed by atoms with Crippen molar-refractivity contribution in [1.82, 2.24) is 9.78 Å². The van der Waals surface area contributed by atoms with Crippen LogP contribution < -0.4 is 0 Å². The van der Waals surface area contributed by atoms with E-state index in [9.17, 15) is 4.79 Å². The number of aromatic nitrogens is 2. The lowest BCUT2D eigenvalue weighted by Crippen LogP contribution is -2.16. The molecule has 1 unspecified atom stereocenters. The summed E-state index contributed by atoms with van der Waals surface area (Å²) in [6.07, 6.45) is 5.08. The van der Waals surface area contributed by atoms with Crippen molar-refractivity contribution >= 4 is 5.78 Å². The molecule has 1 aromatic rings. The Morgan fingerprint density at radius 1 is 1.73 bits per heavy atom. The van der Waals surface area contributed by atoms with E-state index in [-0.39, 0.29) is 11.7 Å². The summed E-state index contributed by atoms with van der Waals surface area (Å²) in [6.45, 7) is 4.20. The van der Waals surface area contributed by atoms with Crippen LogP contribution in [0.5, 0.6) is 0 Å². The highest BCUT2D eigenvalue weighted by atomic mass is 16.5. The van der Waals surface area contributed by atoms with Gasteiger partial charge < -0.3 is 4.74 Å². The van der Waals surface area contributed by atoms with Crippen molar-refractivity contribution < 1.29 is 9.53 Å². The van der Waals surface area contributed by atoms with Gasteiger partial charge in [-0.1, -0.05) is 0 Å². The van der Waals surface area contributed by atoms with Gasteiger partial charge in [0, 0.05) is 31.7 Å². The number of rotatable bonds is 4. The van der Waals surface area contributed by atoms with E-state index in [2.05, 4.69) is 5.10 Å². The first-order valence-electron chi connectivity index (χ1n) is 5.41. The van der Waals surface area contributed by atoms with Gasteiger partial charge in [-0.25, -0.2) is 0 Å². The Morgan fingerprint density at radius 3 is 3.20 bits per heavy atom. The maximum atomic E-state index is 11.8. The molecule has 4 heteroatoms. The van der Waals surface area contributed by atoms with E-state index in [1.54, 1.807) is 6.20 Å². The van der Waals surface area contributed by atoms with Gasteiger partial charge in [-0.05, 0) is 18.9 Å². The van der Waals surface area contributed by atoms with Crippen molar-refractivity contribution in [3.63, 3.8) is 0 Å². The Morgan fingerprint density at radius 2 is 2.60 bits per heavy atom. The lowest BCUT2D eigenvalue weighted by Gasteiger charge is -2.04. The molecular weight excluding hydrogens is 192 g/mol. The molecule has 82 valence electrons. The normalized spacial score (nSPS) is 20.7. The number of Topliss-reactive ketones (excluding diaryl/α,β-unsaturated/α-hetero) is 1. The van der Waals surface area contributed by atoms with Gasteiger partial charge >= 0.3 is 0 Å². The predicted octanol–water partition coefficient (Wildman–Crippen LogP) is 1.05. The summed E-state index contributed by atoms with van der Waals surface area (Å²) in [4.78, 5) is 11.8. The first-order valence-corrected chi connectivity index (χ1v) is 5.41. The first-order chi connectivity index (χ1) is 7.29. The molecule has 0 N–H and O–H groups in total. The summed E-state index contributed by atoms with van der Waals surface area (Å²) in [6, 6.07) is 0. The monoisotopic (exact) mass is 208 g/mol. The minimum atomic E-state index is 0.106. The third-order valence-electron chi connectivity index (χ3n) is 2.77. The second-order valence-corrected chi connectivity index (χ2v) is 3.91. The van der Waals surface area contributed by atoms with Gasteiger partial charge in [0.2, 0.25) is 0 Å². The standard InChI is InChI=1S/C11H16N2O2/c1-2-13-7-9(6-12-13)5-11(14)10-3-4-15-8-10/h6-7,10H,2-5,8H2,1H3. The molecule has 2 heterocycles. The molecule has 1 atom stereocenters. The van der Waals surface area contributed by atoms with Crippen LogP contribution in [0.2, 0.25) is 0 Å². The van der Waals surface area contributed by atoms with E-state index in [4.69, 9.17) is 4.74 Å². The van der Waals surface area contributed by atoms with Crippen molar-refractivity contribution in [2.24, 2.45) is 5.92 Å². The van der Waals surface area contributed by atoms with Crippen LogP contribution in [-0.4, -0.2) is 28.8 Å². The number of hydrogen-bond acceptors (Lipinski definition) is 3. The molecule has 1 aliphatic heterocycles. The molecule has 1 aliphatic rings. The Balaban J connectivity index is 1.92. The number of ketones is 1. The summed E-state index contributed by atoms with van der Waals surface area (Å²) in [5.74, 6) is 0.387. The van der Waals surface area contributed by atoms with Gasteiger partial charge in [-0.15, -0.1) is 0 Å². The minimum Gasteiger partial charge on any atom is -0.381 e. The van der Waals surface area contributed by atoms with Crippen molar-refractivity contribution in [3.05, 3.63) is 18.0 Å². The van der Waals surface area contributed by atoms with Crippen LogP contribution >= 0.6 is 0 Å². The Labute approximate surface area is 89.2 Å². The van der Waals surface area contributed by atoms with Crippen LogP contribution in [0.25, 0.3) is 0 Å². The van der Waals surface area contributed by atoms with Gasteiger partial charge in [0.05, 0.1) is 12.8 Å². The van der Waals surface area contributed by atoms with Gasteiger partial charge in [0.25, 0.3) is 0 Å². The summed E-state index contributed by atoms with van der Waals surface area (Å²) in [5, 5.41) is 4.15. The van der Waals surface area contributed by atoms with Gasteiger partial charge in [0.1, 0.15) is 5.78 Å². The maximum Gasteiger partial charge on any atom is 0.142 e. The predicted molar refractivity (Wildman–Crippen MR) is 55.5 cm³/mol. The van der Waals surface area contributed by atoms with E-state index in [0.29, 0.717) is 13.0 Å². The smallest absolute Gasteiger partial charge is 0.142 e. The minimum absolute atomic E-state index is 0.106. The molecule has 0 aromatic carbocycles. The average molecular weight is 208 g/mol. The fourth-order valence-electron chi connectivity index (χ4n) is 1.80. The summed E-state index contributed by atoms with van der Waals surface area (Å²) >= 11 is 0. The summed E-state index contributed by atoms with van der Waals surface area (Å²) < 4.78 is 7.04. The lowest BCUT2D eigenvalue weighted by atomic mass is 9.99. The van der Waals surface area contributed by atoms with E-state index in [1.165, 1.54) is 0 Å². The number of ether oxygens (including phenoxy) is 1. The molecule has 0 amide bonds. The van der Waals surface area contributed by atoms with E-state index < -0.39 is 0 Å². The van der Waals surface area contributed by atoms with E-state index in [0.717, 1.165) is 25.1 Å². The number of hydrogen-bond donors (Lipinski definition) is 0. The van der Waals surface area contributed by atoms with Crippen LogP contribution in [0.3, 0.4) is 0 Å². The van der Waals surface area contributed by atoms with Crippen molar-refractivity contribution in [1.29, 1.82) is 0 Å². The molecule has 15 heavy (non-hydrogen) atoms. The topological polar surface area (TPSA) is 44.1 Å². The number of carbonyl (C=O) groups is 1. The second-order valence-electron chi connectivity index (χ2n) is 3.91. The Bertz CT molecular complexity index is 340. The van der Waals surface area contributed by atoms with Crippen molar-refractivity contribution in [3.8, 4) is 0 Å².